The Balaban J connectivity index is 1.47. The van der Waals surface area contributed by atoms with Crippen LogP contribution in [0.2, 0.25) is 0 Å². The Morgan fingerprint density at radius 1 is 1.19 bits per heavy atom. The molecule has 3 rings (SSSR count). The average Bonchev–Trinajstić information content (AvgIpc) is 3.01. The molecular weight excluding hydrogens is 355 g/mol. The zero-order valence-electron chi connectivity index (χ0n) is 14.0. The fourth-order valence-electron chi connectivity index (χ4n) is 2.23. The number of pyridine rings is 1. The molecule has 3 aromatic rings. The fraction of sp³-hybridized carbons (Fsp3) is 0.167. The van der Waals surface area contributed by atoms with Gasteiger partial charge in [0.2, 0.25) is 0 Å². The molecule has 0 atom stereocenters. The van der Waals surface area contributed by atoms with E-state index in [1.54, 1.807) is 12.4 Å². The Labute approximate surface area is 154 Å². The number of ether oxygens (including phenoxy) is 1. The fourth-order valence-corrected chi connectivity index (χ4v) is 3.19. The Morgan fingerprint density at radius 2 is 1.92 bits per heavy atom. The summed E-state index contributed by atoms with van der Waals surface area (Å²) < 4.78 is 18.2. The summed E-state index contributed by atoms with van der Waals surface area (Å²) in [5.41, 5.74) is 1.85. The van der Waals surface area contributed by atoms with Crippen LogP contribution in [0.4, 0.5) is 14.3 Å². The van der Waals surface area contributed by atoms with Crippen LogP contribution in [-0.2, 0) is 0 Å². The lowest BCUT2D eigenvalue weighted by Crippen LogP contribution is -2.32. The molecule has 6 nitrogen and oxygen atoms in total. The van der Waals surface area contributed by atoms with Crippen molar-refractivity contribution < 1.29 is 13.9 Å². The summed E-state index contributed by atoms with van der Waals surface area (Å²) >= 11 is 1.40. The van der Waals surface area contributed by atoms with E-state index in [4.69, 9.17) is 4.74 Å². The van der Waals surface area contributed by atoms with Crippen molar-refractivity contribution >= 4 is 22.5 Å². The lowest BCUT2D eigenvalue weighted by molar-refractivity contribution is 0.247. The highest BCUT2D eigenvalue weighted by Gasteiger charge is 2.11. The van der Waals surface area contributed by atoms with Gasteiger partial charge in [-0.2, -0.15) is 0 Å². The number of anilines is 1. The summed E-state index contributed by atoms with van der Waals surface area (Å²) in [4.78, 5) is 21.3. The largest absolute Gasteiger partial charge is 0.492 e. The van der Waals surface area contributed by atoms with Gasteiger partial charge in [-0.05, 0) is 48.9 Å². The summed E-state index contributed by atoms with van der Waals surface area (Å²) in [5, 5.41) is 5.92. The van der Waals surface area contributed by atoms with Crippen molar-refractivity contribution in [2.24, 2.45) is 0 Å². The third kappa shape index (κ3) is 4.76. The Morgan fingerprint density at radius 3 is 2.65 bits per heavy atom. The molecule has 0 spiro atoms. The number of hydrogen-bond acceptors (Lipinski definition) is 5. The molecule has 0 fully saturated rings. The molecule has 8 heteroatoms. The van der Waals surface area contributed by atoms with Crippen molar-refractivity contribution in [3.8, 4) is 16.2 Å². The second kappa shape index (κ2) is 8.39. The predicted molar refractivity (Wildman–Crippen MR) is 99.0 cm³/mol. The summed E-state index contributed by atoms with van der Waals surface area (Å²) in [7, 11) is 0. The highest BCUT2D eigenvalue weighted by molar-refractivity contribution is 7.19. The minimum atomic E-state index is -0.359. The van der Waals surface area contributed by atoms with Gasteiger partial charge >= 0.3 is 6.03 Å². The van der Waals surface area contributed by atoms with Crippen LogP contribution in [-0.4, -0.2) is 29.2 Å². The average molecular weight is 372 g/mol. The van der Waals surface area contributed by atoms with Crippen LogP contribution >= 0.6 is 11.3 Å². The van der Waals surface area contributed by atoms with Gasteiger partial charge in [0.15, 0.2) is 5.13 Å². The number of halogens is 1. The van der Waals surface area contributed by atoms with E-state index in [0.717, 1.165) is 16.1 Å². The lowest BCUT2D eigenvalue weighted by Gasteiger charge is -2.07. The van der Waals surface area contributed by atoms with Crippen molar-refractivity contribution in [3.63, 3.8) is 0 Å². The first-order chi connectivity index (χ1) is 12.6. The van der Waals surface area contributed by atoms with Crippen molar-refractivity contribution in [1.82, 2.24) is 15.3 Å². The van der Waals surface area contributed by atoms with Crippen LogP contribution in [0.5, 0.6) is 5.75 Å². The molecule has 0 aliphatic heterocycles. The number of nitrogens with zero attached hydrogens (tertiary/aromatic N) is 2. The molecule has 0 aliphatic rings. The van der Waals surface area contributed by atoms with Crippen LogP contribution < -0.4 is 15.4 Å². The Bertz CT molecular complexity index is 869. The second-order valence-corrected chi connectivity index (χ2v) is 6.35. The van der Waals surface area contributed by atoms with Crippen molar-refractivity contribution in [3.05, 3.63) is 60.3 Å². The van der Waals surface area contributed by atoms with Crippen LogP contribution in [0.3, 0.4) is 0 Å². The predicted octanol–water partition coefficient (Wildman–Crippen LogP) is 3.85. The molecule has 0 aliphatic carbocycles. The third-order valence-electron chi connectivity index (χ3n) is 3.43. The van der Waals surface area contributed by atoms with E-state index < -0.39 is 0 Å². The normalized spacial score (nSPS) is 10.4. The van der Waals surface area contributed by atoms with Gasteiger partial charge in [0.25, 0.3) is 0 Å². The van der Waals surface area contributed by atoms with Crippen molar-refractivity contribution in [2.45, 2.75) is 6.92 Å². The number of aromatic nitrogens is 2. The monoisotopic (exact) mass is 372 g/mol. The van der Waals surface area contributed by atoms with Gasteiger partial charge in [-0.25, -0.2) is 14.2 Å². The minimum Gasteiger partial charge on any atom is -0.492 e. The molecular formula is C18H17FN4O2S. The number of hydrogen-bond donors (Lipinski definition) is 2. The van der Waals surface area contributed by atoms with Crippen molar-refractivity contribution in [1.29, 1.82) is 0 Å². The van der Waals surface area contributed by atoms with Gasteiger partial charge in [-0.1, -0.05) is 11.3 Å². The first kappa shape index (κ1) is 17.8. The summed E-state index contributed by atoms with van der Waals surface area (Å²) in [5.74, 6) is 0.228. The topological polar surface area (TPSA) is 76.1 Å². The van der Waals surface area contributed by atoms with E-state index in [-0.39, 0.29) is 18.5 Å². The molecule has 0 unspecified atom stereocenters. The van der Waals surface area contributed by atoms with E-state index in [1.165, 1.54) is 35.6 Å². The molecule has 0 bridgehead atoms. The number of thiazole rings is 1. The minimum absolute atomic E-state index is 0.276. The maximum absolute atomic E-state index is 12.8. The summed E-state index contributed by atoms with van der Waals surface area (Å²) in [6.07, 6.45) is 3.44. The maximum Gasteiger partial charge on any atom is 0.321 e. The standard InChI is InChI=1S/C18H17FN4O2S/c1-12-16(13-6-8-20-9-7-13)26-18(22-12)23-17(24)21-10-11-25-15-4-2-14(19)3-5-15/h2-9H,10-11H2,1H3,(H2,21,22,23,24). The zero-order chi connectivity index (χ0) is 18.4. The molecule has 1 aromatic carbocycles. The maximum atomic E-state index is 12.8. The SMILES string of the molecule is Cc1nc(NC(=O)NCCOc2ccc(F)cc2)sc1-c1ccncc1. The van der Waals surface area contributed by atoms with Gasteiger partial charge < -0.3 is 10.1 Å². The second-order valence-electron chi connectivity index (χ2n) is 5.35. The molecule has 2 aromatic heterocycles. The number of benzene rings is 1. The molecule has 2 N–H and O–H groups in total. The van der Waals surface area contributed by atoms with E-state index in [1.807, 2.05) is 19.1 Å². The molecule has 0 radical (unpaired) electrons. The summed E-state index contributed by atoms with van der Waals surface area (Å²) in [6.45, 7) is 2.48. The number of carbonyl (C=O) groups is 1. The van der Waals surface area contributed by atoms with E-state index in [2.05, 4.69) is 20.6 Å². The van der Waals surface area contributed by atoms with Gasteiger partial charge in [-0.15, -0.1) is 0 Å². The molecule has 0 saturated carbocycles. The van der Waals surface area contributed by atoms with Crippen LogP contribution in [0, 0.1) is 12.7 Å². The van der Waals surface area contributed by atoms with Gasteiger partial charge in [0.1, 0.15) is 18.2 Å². The highest BCUT2D eigenvalue weighted by atomic mass is 32.1. The van der Waals surface area contributed by atoms with E-state index in [9.17, 15) is 9.18 Å². The Kier molecular flexibility index (Phi) is 5.75. The quantitative estimate of drug-likeness (QED) is 0.645. The van der Waals surface area contributed by atoms with Crippen LogP contribution in [0.1, 0.15) is 5.69 Å². The molecule has 134 valence electrons. The molecule has 0 saturated heterocycles. The number of nitrogens with one attached hydrogen (secondary N) is 2. The molecule has 2 heterocycles. The van der Waals surface area contributed by atoms with Gasteiger partial charge in [0, 0.05) is 12.4 Å². The third-order valence-corrected chi connectivity index (χ3v) is 4.55. The number of amides is 2. The first-order valence-electron chi connectivity index (χ1n) is 7.93. The number of aryl methyl sites for hydroxylation is 1. The van der Waals surface area contributed by atoms with Crippen LogP contribution in [0.25, 0.3) is 10.4 Å². The highest BCUT2D eigenvalue weighted by Crippen LogP contribution is 2.32. The molecule has 2 amide bonds. The number of urea groups is 1. The number of carbonyl (C=O) groups excluding carboxylic acids is 1. The Hall–Kier alpha value is -3.00. The van der Waals surface area contributed by atoms with Crippen molar-refractivity contribution in [2.75, 3.05) is 18.5 Å². The first-order valence-corrected chi connectivity index (χ1v) is 8.74. The van der Waals surface area contributed by atoms with E-state index >= 15 is 0 Å². The molecule has 26 heavy (non-hydrogen) atoms. The number of rotatable bonds is 6. The zero-order valence-corrected chi connectivity index (χ0v) is 14.8. The van der Waals surface area contributed by atoms with Gasteiger partial charge in [0.05, 0.1) is 17.1 Å². The van der Waals surface area contributed by atoms with Crippen LogP contribution in [0.15, 0.2) is 48.8 Å². The summed E-state index contributed by atoms with van der Waals surface area (Å²) in [6, 6.07) is 9.15. The van der Waals surface area contributed by atoms with Gasteiger partial charge in [-0.3, -0.25) is 10.3 Å². The van der Waals surface area contributed by atoms with E-state index in [0.29, 0.717) is 17.4 Å². The lowest BCUT2D eigenvalue weighted by atomic mass is 10.2. The smallest absolute Gasteiger partial charge is 0.321 e.